The molecule has 3 N–H and O–H groups in total. The Hall–Kier alpha value is -2.98. The van der Waals surface area contributed by atoms with Crippen molar-refractivity contribution in [2.45, 2.75) is 31.2 Å². The van der Waals surface area contributed by atoms with Crippen molar-refractivity contribution in [3.8, 4) is 5.75 Å². The summed E-state index contributed by atoms with van der Waals surface area (Å²) >= 11 is 1.21. The van der Waals surface area contributed by atoms with Gasteiger partial charge in [-0.3, -0.25) is 14.2 Å². The summed E-state index contributed by atoms with van der Waals surface area (Å²) in [7, 11) is 1.65. The minimum atomic E-state index is -1.58. The predicted octanol–water partition coefficient (Wildman–Crippen LogP) is 3.22. The van der Waals surface area contributed by atoms with Crippen LogP contribution in [0.1, 0.15) is 25.7 Å². The zero-order valence-electron chi connectivity index (χ0n) is 18.5. The third kappa shape index (κ3) is 2.37. The second-order valence-electron chi connectivity index (χ2n) is 10.1. The first-order valence-electron chi connectivity index (χ1n) is 11.6. The molecule has 2 atom stereocenters. The minimum absolute atomic E-state index is 0.0928. The minimum Gasteiger partial charge on any atom is -0.449 e. The van der Waals surface area contributed by atoms with E-state index in [0.29, 0.717) is 56.6 Å². The summed E-state index contributed by atoms with van der Waals surface area (Å²) in [5.74, 6) is 0.588. The Labute approximate surface area is 196 Å². The number of nitrogens with two attached hydrogens (primary N) is 1. The maximum atomic E-state index is 15.9. The lowest BCUT2D eigenvalue weighted by Gasteiger charge is -2.52. The molecule has 4 fully saturated rings. The first-order valence-corrected chi connectivity index (χ1v) is 12.4. The van der Waals surface area contributed by atoms with Crippen molar-refractivity contribution < 1.29 is 19.0 Å². The van der Waals surface area contributed by atoms with Gasteiger partial charge in [-0.1, -0.05) is 0 Å². The number of fused-ring (bicyclic) bond motifs is 2. The Morgan fingerprint density at radius 3 is 2.79 bits per heavy atom. The van der Waals surface area contributed by atoms with E-state index in [1.165, 1.54) is 17.4 Å². The zero-order valence-corrected chi connectivity index (χ0v) is 19.3. The monoisotopic (exact) mass is 482 g/mol. The number of anilines is 1. The molecule has 0 radical (unpaired) electrons. The molecule has 8 nitrogen and oxygen atoms in total. The molecule has 34 heavy (non-hydrogen) atoms. The summed E-state index contributed by atoms with van der Waals surface area (Å²) in [4.78, 5) is 31.5. The highest BCUT2D eigenvalue weighted by Gasteiger charge is 2.55. The fourth-order valence-electron chi connectivity index (χ4n) is 7.26. The van der Waals surface area contributed by atoms with E-state index >= 15 is 4.39 Å². The molecule has 3 aliphatic carbocycles. The van der Waals surface area contributed by atoms with E-state index < -0.39 is 17.4 Å². The second kappa shape index (κ2) is 6.57. The Bertz CT molecular complexity index is 1620. The average molecular weight is 483 g/mol. The van der Waals surface area contributed by atoms with E-state index in [4.69, 9.17) is 10.5 Å². The van der Waals surface area contributed by atoms with Crippen molar-refractivity contribution >= 4 is 49.8 Å². The molecular weight excluding hydrogens is 459 g/mol. The van der Waals surface area contributed by atoms with Crippen LogP contribution >= 0.6 is 11.3 Å². The number of halogens is 1. The molecule has 3 saturated carbocycles. The first-order chi connectivity index (χ1) is 16.3. The number of carbonyl (C=O) groups is 1. The standard InChI is InChI=1S/C24H23FN4O4S/c1-27-17-15-9-34-22-21(33-23(31)32)20(30)11-6-14(25)19(16(17)18(11)29(15)22)28-7-12-10-2-4-24(26,5-3-10)13(12)8-28/h6,9-10,12-13H,2-5,7-8,26H2,1H3,(H,31,32). The van der Waals surface area contributed by atoms with E-state index in [0.717, 1.165) is 32.2 Å². The van der Waals surface area contributed by atoms with Gasteiger partial charge in [-0.2, -0.15) is 0 Å². The molecule has 0 spiro atoms. The van der Waals surface area contributed by atoms with Crippen LogP contribution in [0.3, 0.4) is 0 Å². The maximum Gasteiger partial charge on any atom is 0.511 e. The summed E-state index contributed by atoms with van der Waals surface area (Å²) in [5, 5.41) is 12.3. The molecule has 4 aliphatic rings. The Morgan fingerprint density at radius 1 is 1.35 bits per heavy atom. The number of hydrogen-bond donors (Lipinski definition) is 2. The fourth-order valence-corrected chi connectivity index (χ4v) is 8.24. The lowest BCUT2D eigenvalue weighted by Crippen LogP contribution is -2.58. The highest BCUT2D eigenvalue weighted by molar-refractivity contribution is 7.16. The zero-order chi connectivity index (χ0) is 23.5. The fraction of sp³-hybridized carbons (Fsp3) is 0.458. The summed E-state index contributed by atoms with van der Waals surface area (Å²) in [6, 6.07) is 1.23. The summed E-state index contributed by atoms with van der Waals surface area (Å²) < 4.78 is 22.5. The normalized spacial score (nSPS) is 29.2. The van der Waals surface area contributed by atoms with Crippen molar-refractivity contribution in [2.75, 3.05) is 25.0 Å². The van der Waals surface area contributed by atoms with Crippen molar-refractivity contribution in [3.63, 3.8) is 0 Å². The molecule has 176 valence electrons. The van der Waals surface area contributed by atoms with E-state index in [-0.39, 0.29) is 16.7 Å². The molecule has 1 saturated heterocycles. The van der Waals surface area contributed by atoms with Crippen LogP contribution in [-0.2, 0) is 0 Å². The van der Waals surface area contributed by atoms with Gasteiger partial charge in [-0.25, -0.2) is 9.18 Å². The van der Waals surface area contributed by atoms with Crippen LogP contribution < -0.4 is 26.2 Å². The summed E-state index contributed by atoms with van der Waals surface area (Å²) in [5.41, 5.74) is 7.76. The molecule has 1 aliphatic heterocycles. The Kier molecular flexibility index (Phi) is 3.94. The largest absolute Gasteiger partial charge is 0.511 e. The average Bonchev–Trinajstić information content (AvgIpc) is 3.50. The first kappa shape index (κ1) is 20.4. The number of benzene rings is 1. The molecular formula is C24H23FN4O4S. The van der Waals surface area contributed by atoms with Gasteiger partial charge in [-0.15, -0.1) is 11.3 Å². The molecule has 0 amide bonds. The Balaban J connectivity index is 1.51. The molecule has 8 rings (SSSR count). The van der Waals surface area contributed by atoms with Crippen LogP contribution in [0.15, 0.2) is 21.2 Å². The molecule has 3 aromatic heterocycles. The van der Waals surface area contributed by atoms with Gasteiger partial charge in [0.15, 0.2) is 0 Å². The number of pyridine rings is 1. The van der Waals surface area contributed by atoms with Crippen molar-refractivity contribution in [1.82, 2.24) is 4.40 Å². The van der Waals surface area contributed by atoms with Gasteiger partial charge in [0.25, 0.3) is 0 Å². The van der Waals surface area contributed by atoms with Crippen LogP contribution in [0, 0.1) is 23.6 Å². The summed E-state index contributed by atoms with van der Waals surface area (Å²) in [6.45, 7) is 1.43. The third-order valence-corrected chi connectivity index (χ3v) is 9.63. The maximum absolute atomic E-state index is 15.9. The van der Waals surface area contributed by atoms with Crippen LogP contribution in [-0.4, -0.2) is 41.3 Å². The van der Waals surface area contributed by atoms with Gasteiger partial charge in [0.05, 0.1) is 32.9 Å². The lowest BCUT2D eigenvalue weighted by atomic mass is 9.56. The van der Waals surface area contributed by atoms with Crippen LogP contribution in [0.5, 0.6) is 5.75 Å². The van der Waals surface area contributed by atoms with Crippen LogP contribution in [0.2, 0.25) is 0 Å². The number of ether oxygens (including phenoxy) is 1. The SMILES string of the molecule is CN=c1c2c(N3CC4C5CCC(N)(CC5)C4C3)c(F)cc3c(=O)c(OC(=O)O)c4scc1n4c32. The number of nitrogens with zero attached hydrogens (tertiary/aromatic N) is 3. The number of hydrogen-bond acceptors (Lipinski definition) is 7. The van der Waals surface area contributed by atoms with Gasteiger partial charge in [0.1, 0.15) is 10.6 Å². The lowest BCUT2D eigenvalue weighted by molar-refractivity contribution is 0.0318. The number of rotatable bonds is 2. The van der Waals surface area contributed by atoms with Crippen LogP contribution in [0.4, 0.5) is 14.9 Å². The van der Waals surface area contributed by atoms with Crippen molar-refractivity contribution in [2.24, 2.45) is 28.5 Å². The molecule has 10 heteroatoms. The Morgan fingerprint density at radius 2 is 2.12 bits per heavy atom. The van der Waals surface area contributed by atoms with Gasteiger partial charge >= 0.3 is 6.16 Å². The quantitative estimate of drug-likeness (QED) is 0.425. The molecule has 2 bridgehead atoms. The summed E-state index contributed by atoms with van der Waals surface area (Å²) in [6.07, 6.45) is 2.75. The smallest absolute Gasteiger partial charge is 0.449 e. The van der Waals surface area contributed by atoms with Gasteiger partial charge < -0.3 is 20.5 Å². The van der Waals surface area contributed by atoms with Gasteiger partial charge in [0, 0.05) is 31.1 Å². The second-order valence-corrected chi connectivity index (χ2v) is 10.9. The third-order valence-electron chi connectivity index (χ3n) is 8.70. The van der Waals surface area contributed by atoms with E-state index in [9.17, 15) is 14.7 Å². The van der Waals surface area contributed by atoms with Gasteiger partial charge in [0.2, 0.25) is 11.2 Å². The van der Waals surface area contributed by atoms with E-state index in [1.807, 2.05) is 5.38 Å². The molecule has 1 aromatic carbocycles. The number of thiazole rings is 1. The predicted molar refractivity (Wildman–Crippen MR) is 127 cm³/mol. The highest BCUT2D eigenvalue weighted by Crippen LogP contribution is 2.54. The van der Waals surface area contributed by atoms with Crippen molar-refractivity contribution in [3.05, 3.63) is 32.8 Å². The van der Waals surface area contributed by atoms with Crippen molar-refractivity contribution in [1.29, 1.82) is 0 Å². The van der Waals surface area contributed by atoms with E-state index in [2.05, 4.69) is 9.89 Å². The molecule has 4 heterocycles. The van der Waals surface area contributed by atoms with E-state index in [1.54, 1.807) is 11.4 Å². The number of carboxylic acid groups (broad SMARTS) is 1. The molecule has 2 unspecified atom stereocenters. The van der Waals surface area contributed by atoms with Crippen LogP contribution in [0.25, 0.3) is 26.6 Å². The topological polar surface area (TPSA) is 110 Å². The van der Waals surface area contributed by atoms with Gasteiger partial charge in [-0.05, 0) is 49.5 Å². The number of aromatic nitrogens is 1. The molecule has 4 aromatic rings. The highest BCUT2D eigenvalue weighted by atomic mass is 32.1.